The minimum Gasteiger partial charge on any atom is -0.423 e. The Hall–Kier alpha value is -0.620. The first-order valence-corrected chi connectivity index (χ1v) is 5.53. The summed E-state index contributed by atoms with van der Waals surface area (Å²) in [6.45, 7) is 0. The number of hydrogen-bond acceptors (Lipinski definition) is 3. The average molecular weight is 321 g/mol. The van der Waals surface area contributed by atoms with E-state index >= 15 is 0 Å². The van der Waals surface area contributed by atoms with Crippen molar-refractivity contribution in [1.29, 1.82) is 0 Å². The molecular formula is C9H6ClIN2O. The topological polar surface area (TPSA) is 38.9 Å². The van der Waals surface area contributed by atoms with Gasteiger partial charge in [0.1, 0.15) is 0 Å². The molecule has 72 valence electrons. The highest BCUT2D eigenvalue weighted by Crippen LogP contribution is 2.22. The van der Waals surface area contributed by atoms with Gasteiger partial charge in [-0.1, -0.05) is 6.07 Å². The fraction of sp³-hybridized carbons (Fsp3) is 0.111. The molecular weight excluding hydrogens is 314 g/mol. The lowest BCUT2D eigenvalue weighted by atomic mass is 10.1. The fourth-order valence-electron chi connectivity index (χ4n) is 1.09. The number of rotatable bonds is 2. The third-order valence-corrected chi connectivity index (χ3v) is 3.10. The number of hydrogen-bond donors (Lipinski definition) is 0. The molecule has 1 aromatic heterocycles. The Morgan fingerprint density at radius 3 is 2.86 bits per heavy atom. The molecule has 0 radical (unpaired) electrons. The van der Waals surface area contributed by atoms with Gasteiger partial charge in [0.05, 0.1) is 0 Å². The summed E-state index contributed by atoms with van der Waals surface area (Å²) >= 11 is 7.99. The molecule has 0 spiro atoms. The van der Waals surface area contributed by atoms with Gasteiger partial charge in [0.2, 0.25) is 12.3 Å². The molecule has 0 bridgehead atoms. The summed E-state index contributed by atoms with van der Waals surface area (Å²) in [6, 6.07) is 5.87. The van der Waals surface area contributed by atoms with E-state index < -0.39 is 0 Å². The van der Waals surface area contributed by atoms with Gasteiger partial charge in [0, 0.05) is 15.0 Å². The zero-order valence-corrected chi connectivity index (χ0v) is 9.99. The standard InChI is InChI=1S/C9H6ClIN2O/c10-4-7-2-1-6(3-8(7)11)9-13-12-5-14-9/h1-3,5H,4H2. The molecule has 0 aliphatic carbocycles. The van der Waals surface area contributed by atoms with Crippen molar-refractivity contribution in [2.24, 2.45) is 0 Å². The summed E-state index contributed by atoms with van der Waals surface area (Å²) in [5.41, 5.74) is 2.02. The molecule has 0 saturated heterocycles. The summed E-state index contributed by atoms with van der Waals surface area (Å²) in [7, 11) is 0. The average Bonchev–Trinajstić information content (AvgIpc) is 2.70. The molecule has 3 nitrogen and oxygen atoms in total. The molecule has 2 aromatic rings. The summed E-state index contributed by atoms with van der Waals surface area (Å²) < 4.78 is 6.19. The molecule has 5 heteroatoms. The van der Waals surface area contributed by atoms with Crippen LogP contribution < -0.4 is 0 Å². The van der Waals surface area contributed by atoms with Crippen LogP contribution in [-0.2, 0) is 5.88 Å². The van der Waals surface area contributed by atoms with Crippen LogP contribution in [0.2, 0.25) is 0 Å². The first-order valence-electron chi connectivity index (χ1n) is 3.92. The quantitative estimate of drug-likeness (QED) is 0.630. The van der Waals surface area contributed by atoms with Crippen LogP contribution in [0.3, 0.4) is 0 Å². The molecule has 0 aliphatic rings. The van der Waals surface area contributed by atoms with E-state index in [1.165, 1.54) is 6.39 Å². The van der Waals surface area contributed by atoms with Gasteiger partial charge in [0.15, 0.2) is 0 Å². The van der Waals surface area contributed by atoms with Crippen molar-refractivity contribution in [3.63, 3.8) is 0 Å². The Kier molecular flexibility index (Phi) is 3.02. The van der Waals surface area contributed by atoms with Gasteiger partial charge in [-0.05, 0) is 40.3 Å². The van der Waals surface area contributed by atoms with Crippen molar-refractivity contribution in [1.82, 2.24) is 10.2 Å². The van der Waals surface area contributed by atoms with Gasteiger partial charge in [0.25, 0.3) is 0 Å². The third-order valence-electron chi connectivity index (χ3n) is 1.80. The van der Waals surface area contributed by atoms with Crippen molar-refractivity contribution in [3.05, 3.63) is 33.7 Å². The normalized spacial score (nSPS) is 10.4. The van der Waals surface area contributed by atoms with E-state index in [9.17, 15) is 0 Å². The smallest absolute Gasteiger partial charge is 0.247 e. The minimum absolute atomic E-state index is 0.516. The molecule has 0 N–H and O–H groups in total. The highest BCUT2D eigenvalue weighted by Gasteiger charge is 2.05. The SMILES string of the molecule is ClCc1ccc(-c2nnco2)cc1I. The first kappa shape index (κ1) is 9.92. The largest absolute Gasteiger partial charge is 0.423 e. The second-order valence-corrected chi connectivity index (χ2v) is 4.11. The lowest BCUT2D eigenvalue weighted by Gasteiger charge is -2.01. The van der Waals surface area contributed by atoms with Crippen LogP contribution in [0.25, 0.3) is 11.5 Å². The van der Waals surface area contributed by atoms with E-state index in [-0.39, 0.29) is 0 Å². The molecule has 1 aromatic carbocycles. The molecule has 14 heavy (non-hydrogen) atoms. The molecule has 1 heterocycles. The molecule has 0 unspecified atom stereocenters. The van der Waals surface area contributed by atoms with E-state index in [1.807, 2.05) is 18.2 Å². The molecule has 2 rings (SSSR count). The van der Waals surface area contributed by atoms with Gasteiger partial charge in [-0.2, -0.15) is 0 Å². The van der Waals surface area contributed by atoms with Crippen molar-refractivity contribution in [3.8, 4) is 11.5 Å². The molecule has 0 aliphatic heterocycles. The van der Waals surface area contributed by atoms with Crippen molar-refractivity contribution < 1.29 is 4.42 Å². The summed E-state index contributed by atoms with van der Waals surface area (Å²) in [5.74, 6) is 1.05. The van der Waals surface area contributed by atoms with Crippen LogP contribution in [0.5, 0.6) is 0 Å². The lowest BCUT2D eigenvalue weighted by molar-refractivity contribution is 0.568. The van der Waals surface area contributed by atoms with Crippen molar-refractivity contribution in [2.75, 3.05) is 0 Å². The monoisotopic (exact) mass is 320 g/mol. The maximum Gasteiger partial charge on any atom is 0.247 e. The van der Waals surface area contributed by atoms with Gasteiger partial charge < -0.3 is 4.42 Å². The Morgan fingerprint density at radius 1 is 1.43 bits per heavy atom. The summed E-state index contributed by atoms with van der Waals surface area (Å²) in [6.07, 6.45) is 1.32. The molecule has 0 atom stereocenters. The van der Waals surface area contributed by atoms with Crippen LogP contribution in [0.15, 0.2) is 29.0 Å². The number of aromatic nitrogens is 2. The number of alkyl halides is 1. The second-order valence-electron chi connectivity index (χ2n) is 2.68. The van der Waals surface area contributed by atoms with Gasteiger partial charge in [-0.25, -0.2) is 0 Å². The highest BCUT2D eigenvalue weighted by molar-refractivity contribution is 14.1. The van der Waals surface area contributed by atoms with E-state index in [0.717, 1.165) is 14.7 Å². The maximum absolute atomic E-state index is 5.75. The van der Waals surface area contributed by atoms with E-state index in [2.05, 4.69) is 32.8 Å². The molecule has 0 saturated carbocycles. The third kappa shape index (κ3) is 1.90. The van der Waals surface area contributed by atoms with Crippen LogP contribution in [-0.4, -0.2) is 10.2 Å². The Bertz CT molecular complexity index is 430. The zero-order chi connectivity index (χ0) is 9.97. The Balaban J connectivity index is 2.43. The van der Waals surface area contributed by atoms with E-state index in [4.69, 9.17) is 16.0 Å². The number of nitrogens with zero attached hydrogens (tertiary/aromatic N) is 2. The van der Waals surface area contributed by atoms with Crippen molar-refractivity contribution >= 4 is 34.2 Å². The molecule has 0 amide bonds. The van der Waals surface area contributed by atoms with E-state index in [1.54, 1.807) is 0 Å². The van der Waals surface area contributed by atoms with Crippen LogP contribution in [0.4, 0.5) is 0 Å². The van der Waals surface area contributed by atoms with Crippen LogP contribution in [0.1, 0.15) is 5.56 Å². The van der Waals surface area contributed by atoms with Gasteiger partial charge in [-0.15, -0.1) is 21.8 Å². The number of halogens is 2. The highest BCUT2D eigenvalue weighted by atomic mass is 127. The summed E-state index contributed by atoms with van der Waals surface area (Å²) in [4.78, 5) is 0. The predicted octanol–water partition coefficient (Wildman–Crippen LogP) is 3.08. The zero-order valence-electron chi connectivity index (χ0n) is 7.08. The van der Waals surface area contributed by atoms with Crippen LogP contribution >= 0.6 is 34.2 Å². The Morgan fingerprint density at radius 2 is 2.29 bits per heavy atom. The Labute approximate surface area is 99.6 Å². The lowest BCUT2D eigenvalue weighted by Crippen LogP contribution is -1.86. The minimum atomic E-state index is 0.516. The van der Waals surface area contributed by atoms with Crippen molar-refractivity contribution in [2.45, 2.75) is 5.88 Å². The van der Waals surface area contributed by atoms with E-state index in [0.29, 0.717) is 11.8 Å². The fourth-order valence-corrected chi connectivity index (χ4v) is 2.25. The predicted molar refractivity (Wildman–Crippen MR) is 62.0 cm³/mol. The molecule has 0 fully saturated rings. The number of benzene rings is 1. The summed E-state index contributed by atoms with van der Waals surface area (Å²) in [5, 5.41) is 7.46. The van der Waals surface area contributed by atoms with Crippen LogP contribution in [0, 0.1) is 3.57 Å². The second kappa shape index (κ2) is 4.27. The van der Waals surface area contributed by atoms with Gasteiger partial charge >= 0.3 is 0 Å². The van der Waals surface area contributed by atoms with Gasteiger partial charge in [-0.3, -0.25) is 0 Å². The first-order chi connectivity index (χ1) is 6.81. The maximum atomic E-state index is 5.75.